The first-order valence-electron chi connectivity index (χ1n) is 10.6. The summed E-state index contributed by atoms with van der Waals surface area (Å²) in [5, 5.41) is 2.76. The van der Waals surface area contributed by atoms with Crippen molar-refractivity contribution >= 4 is 35.0 Å². The first kappa shape index (κ1) is 20.9. The van der Waals surface area contributed by atoms with Crippen LogP contribution in [0.25, 0.3) is 0 Å². The van der Waals surface area contributed by atoms with E-state index in [0.717, 1.165) is 17.7 Å². The molecule has 158 valence electrons. The van der Waals surface area contributed by atoms with Crippen molar-refractivity contribution in [3.05, 3.63) is 59.4 Å². The highest BCUT2D eigenvalue weighted by atomic mass is 32.2. The molecule has 0 bridgehead atoms. The summed E-state index contributed by atoms with van der Waals surface area (Å²) < 4.78 is 14.1. The van der Waals surface area contributed by atoms with E-state index in [-0.39, 0.29) is 23.0 Å². The minimum atomic E-state index is -0.320. The first-order valence-corrected chi connectivity index (χ1v) is 11.7. The Morgan fingerprint density at radius 2 is 1.97 bits per heavy atom. The van der Waals surface area contributed by atoms with Gasteiger partial charge in [-0.05, 0) is 49.1 Å². The van der Waals surface area contributed by atoms with Gasteiger partial charge in [-0.25, -0.2) is 4.39 Å². The third kappa shape index (κ3) is 4.53. The Bertz CT molecular complexity index is 943. The summed E-state index contributed by atoms with van der Waals surface area (Å²) in [4.78, 5) is 26.7. The Balaban J connectivity index is 1.48. The van der Waals surface area contributed by atoms with Gasteiger partial charge in [-0.2, -0.15) is 0 Å². The van der Waals surface area contributed by atoms with Crippen LogP contribution in [0.1, 0.15) is 55.0 Å². The molecule has 0 spiro atoms. The van der Waals surface area contributed by atoms with Crippen LogP contribution in [0.2, 0.25) is 0 Å². The molecule has 1 saturated carbocycles. The Kier molecular flexibility index (Phi) is 6.42. The Morgan fingerprint density at radius 3 is 2.77 bits per heavy atom. The summed E-state index contributed by atoms with van der Waals surface area (Å²) in [6.07, 6.45) is 6.54. The number of carbonyl (C=O) groups is 2. The van der Waals surface area contributed by atoms with E-state index in [1.54, 1.807) is 24.0 Å². The van der Waals surface area contributed by atoms with Crippen LogP contribution >= 0.6 is 11.8 Å². The lowest BCUT2D eigenvalue weighted by atomic mass is 10.0. The van der Waals surface area contributed by atoms with Crippen LogP contribution in [-0.2, 0) is 9.59 Å². The number of benzene rings is 2. The molecule has 2 amide bonds. The predicted octanol–water partition coefficient (Wildman–Crippen LogP) is 5.82. The lowest BCUT2D eigenvalue weighted by molar-refractivity contribution is -0.117. The summed E-state index contributed by atoms with van der Waals surface area (Å²) in [5.74, 6) is 0.709. The molecular formula is C24H27FN2O2S. The van der Waals surface area contributed by atoms with E-state index >= 15 is 0 Å². The Labute approximate surface area is 181 Å². The summed E-state index contributed by atoms with van der Waals surface area (Å²) >= 11 is 1.52. The molecule has 1 atom stereocenters. The van der Waals surface area contributed by atoms with Crippen molar-refractivity contribution in [1.82, 2.24) is 0 Å². The third-order valence-corrected chi connectivity index (χ3v) is 7.29. The van der Waals surface area contributed by atoms with Gasteiger partial charge in [0.05, 0.1) is 11.4 Å². The fraction of sp³-hybridized carbons (Fsp3) is 0.417. The van der Waals surface area contributed by atoms with Crippen molar-refractivity contribution in [2.75, 3.05) is 16.0 Å². The maximum absolute atomic E-state index is 14.1. The normalized spacial score (nSPS) is 19.5. The van der Waals surface area contributed by atoms with Gasteiger partial charge >= 0.3 is 0 Å². The van der Waals surface area contributed by atoms with Gasteiger partial charge in [-0.15, -0.1) is 11.8 Å². The summed E-state index contributed by atoms with van der Waals surface area (Å²) in [6, 6.07) is 12.5. The van der Waals surface area contributed by atoms with E-state index in [4.69, 9.17) is 0 Å². The topological polar surface area (TPSA) is 49.4 Å². The Hall–Kier alpha value is -2.34. The second kappa shape index (κ2) is 9.21. The predicted molar refractivity (Wildman–Crippen MR) is 120 cm³/mol. The number of rotatable bonds is 6. The molecular weight excluding hydrogens is 399 g/mol. The van der Waals surface area contributed by atoms with E-state index in [0.29, 0.717) is 29.3 Å². The maximum Gasteiger partial charge on any atom is 0.238 e. The van der Waals surface area contributed by atoms with Crippen LogP contribution in [0.15, 0.2) is 42.5 Å². The largest absolute Gasteiger partial charge is 0.326 e. The van der Waals surface area contributed by atoms with Crippen molar-refractivity contribution in [2.45, 2.75) is 50.8 Å². The number of thioether (sulfide) groups is 1. The van der Waals surface area contributed by atoms with Gasteiger partial charge < -0.3 is 5.32 Å². The quantitative estimate of drug-likeness (QED) is 0.633. The number of anilines is 2. The van der Waals surface area contributed by atoms with Gasteiger partial charge in [0, 0.05) is 17.7 Å². The molecule has 1 heterocycles. The number of carbonyl (C=O) groups excluding carboxylic acids is 2. The lowest BCUT2D eigenvalue weighted by Crippen LogP contribution is -2.28. The molecule has 2 aromatic carbocycles. The van der Waals surface area contributed by atoms with E-state index in [9.17, 15) is 14.0 Å². The standard InChI is InChI=1S/C24H27FN2O2S/c1-16-20(25)10-5-11-21(16)27-23(29)15-30-24(27)18-8-4-9-19(14-18)26-22(28)13-12-17-6-2-3-7-17/h4-5,8-11,14,17,24H,2-3,6-7,12-13,15H2,1H3,(H,26,28)/t24-/m0/s1. The van der Waals surface area contributed by atoms with Crippen LogP contribution in [0.5, 0.6) is 0 Å². The van der Waals surface area contributed by atoms with E-state index < -0.39 is 0 Å². The van der Waals surface area contributed by atoms with E-state index in [1.807, 2.05) is 24.3 Å². The maximum atomic E-state index is 14.1. The van der Waals surface area contributed by atoms with Gasteiger partial charge in [0.25, 0.3) is 0 Å². The second-order valence-corrected chi connectivity index (χ2v) is 9.24. The van der Waals surface area contributed by atoms with Crippen LogP contribution in [0.3, 0.4) is 0 Å². The SMILES string of the molecule is Cc1c(F)cccc1N1C(=O)CS[C@H]1c1cccc(NC(=O)CCC2CCCC2)c1. The highest BCUT2D eigenvalue weighted by Gasteiger charge is 2.35. The molecule has 2 fully saturated rings. The number of nitrogens with zero attached hydrogens (tertiary/aromatic N) is 1. The fourth-order valence-electron chi connectivity index (χ4n) is 4.42. The zero-order valence-electron chi connectivity index (χ0n) is 17.2. The molecule has 0 unspecified atom stereocenters. The number of hydrogen-bond donors (Lipinski definition) is 1. The highest BCUT2D eigenvalue weighted by molar-refractivity contribution is 8.00. The van der Waals surface area contributed by atoms with Crippen LogP contribution in [-0.4, -0.2) is 17.6 Å². The molecule has 0 radical (unpaired) electrons. The minimum absolute atomic E-state index is 0.0343. The average Bonchev–Trinajstić information content (AvgIpc) is 3.39. The molecule has 2 aromatic rings. The van der Waals surface area contributed by atoms with Gasteiger partial charge in [0.15, 0.2) is 0 Å². The zero-order chi connectivity index (χ0) is 21.1. The van der Waals surface area contributed by atoms with Crippen LogP contribution in [0.4, 0.5) is 15.8 Å². The number of hydrogen-bond acceptors (Lipinski definition) is 3. The Morgan fingerprint density at radius 1 is 1.20 bits per heavy atom. The molecule has 1 aliphatic heterocycles. The molecule has 6 heteroatoms. The fourth-order valence-corrected chi connectivity index (χ4v) is 5.57. The molecule has 1 saturated heterocycles. The van der Waals surface area contributed by atoms with Crippen molar-refractivity contribution in [3.8, 4) is 0 Å². The molecule has 1 aliphatic carbocycles. The number of amides is 2. The van der Waals surface area contributed by atoms with Gasteiger partial charge in [0.1, 0.15) is 11.2 Å². The van der Waals surface area contributed by atoms with Gasteiger partial charge in [-0.1, -0.05) is 43.9 Å². The van der Waals surface area contributed by atoms with Gasteiger partial charge in [-0.3, -0.25) is 14.5 Å². The van der Waals surface area contributed by atoms with Crippen molar-refractivity contribution in [3.63, 3.8) is 0 Å². The van der Waals surface area contributed by atoms with Gasteiger partial charge in [0.2, 0.25) is 11.8 Å². The zero-order valence-corrected chi connectivity index (χ0v) is 18.0. The number of halogens is 1. The molecule has 4 nitrogen and oxygen atoms in total. The molecule has 2 aliphatic rings. The monoisotopic (exact) mass is 426 g/mol. The molecule has 1 N–H and O–H groups in total. The molecule has 0 aromatic heterocycles. The van der Waals surface area contributed by atoms with Crippen LogP contribution in [0, 0.1) is 18.7 Å². The molecule has 30 heavy (non-hydrogen) atoms. The highest BCUT2D eigenvalue weighted by Crippen LogP contribution is 2.43. The van der Waals surface area contributed by atoms with E-state index in [1.165, 1.54) is 43.5 Å². The summed E-state index contributed by atoms with van der Waals surface area (Å²) in [6.45, 7) is 1.69. The van der Waals surface area contributed by atoms with E-state index in [2.05, 4.69) is 5.32 Å². The summed E-state index contributed by atoms with van der Waals surface area (Å²) in [5.41, 5.74) is 2.72. The third-order valence-electron chi connectivity index (χ3n) is 6.08. The molecule has 4 rings (SSSR count). The van der Waals surface area contributed by atoms with Crippen molar-refractivity contribution in [1.29, 1.82) is 0 Å². The number of nitrogens with one attached hydrogen (secondary N) is 1. The second-order valence-electron chi connectivity index (χ2n) is 8.17. The van der Waals surface area contributed by atoms with Crippen molar-refractivity contribution in [2.24, 2.45) is 5.92 Å². The average molecular weight is 427 g/mol. The smallest absolute Gasteiger partial charge is 0.238 e. The van der Waals surface area contributed by atoms with Crippen LogP contribution < -0.4 is 10.2 Å². The van der Waals surface area contributed by atoms with Crippen molar-refractivity contribution < 1.29 is 14.0 Å². The minimum Gasteiger partial charge on any atom is -0.326 e. The summed E-state index contributed by atoms with van der Waals surface area (Å²) in [7, 11) is 0. The first-order chi connectivity index (χ1) is 14.5. The lowest BCUT2D eigenvalue weighted by Gasteiger charge is -2.26.